The minimum absolute atomic E-state index is 0.230. The molecule has 1 aliphatic carbocycles. The van der Waals surface area contributed by atoms with E-state index in [1.165, 1.54) is 6.42 Å². The number of hydrogen-bond donors (Lipinski definition) is 0. The Kier molecular flexibility index (Phi) is 2.79. The van der Waals surface area contributed by atoms with E-state index >= 15 is 0 Å². The first kappa shape index (κ1) is 10.3. The highest BCUT2D eigenvalue weighted by Crippen LogP contribution is 2.38. The van der Waals surface area contributed by atoms with Crippen molar-refractivity contribution in [3.8, 4) is 0 Å². The molecule has 0 aromatic heterocycles. The molecule has 2 nitrogen and oxygen atoms in total. The van der Waals surface area contributed by atoms with Gasteiger partial charge in [0, 0.05) is 6.08 Å². The minimum Gasteiger partial charge on any atom is -0.457 e. The van der Waals surface area contributed by atoms with E-state index in [1.54, 1.807) is 6.08 Å². The molecule has 1 rings (SSSR count). The molecular weight excluding hydrogens is 164 g/mol. The summed E-state index contributed by atoms with van der Waals surface area (Å²) in [6.45, 7) is 7.81. The van der Waals surface area contributed by atoms with Gasteiger partial charge in [0.05, 0.1) is 0 Å². The smallest absolute Gasteiger partial charge is 0.330 e. The molecule has 0 N–H and O–H groups in total. The molecule has 2 heteroatoms. The molecule has 0 radical (unpaired) electrons. The van der Waals surface area contributed by atoms with E-state index in [-0.39, 0.29) is 11.6 Å². The van der Waals surface area contributed by atoms with Crippen molar-refractivity contribution in [1.82, 2.24) is 0 Å². The van der Waals surface area contributed by atoms with E-state index in [0.717, 1.165) is 5.92 Å². The standard InChI is InChI=1S/C11H18O2/c1-8-7-9(8)5-6-10(12)13-11(2,3)4/h5-6,8-9H,7H2,1-4H3/b6-5+. The van der Waals surface area contributed by atoms with Crippen LogP contribution in [0.4, 0.5) is 0 Å². The van der Waals surface area contributed by atoms with Gasteiger partial charge < -0.3 is 4.74 Å². The van der Waals surface area contributed by atoms with Crippen LogP contribution in [0.3, 0.4) is 0 Å². The van der Waals surface area contributed by atoms with E-state index in [0.29, 0.717) is 5.92 Å². The number of esters is 1. The zero-order valence-corrected chi connectivity index (χ0v) is 8.83. The van der Waals surface area contributed by atoms with Gasteiger partial charge in [0.1, 0.15) is 5.60 Å². The molecule has 2 unspecified atom stereocenters. The molecule has 0 spiro atoms. The lowest BCUT2D eigenvalue weighted by Gasteiger charge is -2.17. The van der Waals surface area contributed by atoms with Crippen molar-refractivity contribution in [3.63, 3.8) is 0 Å². The molecule has 13 heavy (non-hydrogen) atoms. The first-order valence-corrected chi connectivity index (χ1v) is 4.79. The SMILES string of the molecule is CC1CC1/C=C/C(=O)OC(C)(C)C. The highest BCUT2D eigenvalue weighted by Gasteiger charge is 2.29. The number of hydrogen-bond acceptors (Lipinski definition) is 2. The summed E-state index contributed by atoms with van der Waals surface area (Å²) in [6.07, 6.45) is 4.72. The summed E-state index contributed by atoms with van der Waals surface area (Å²) in [5.74, 6) is 1.12. The topological polar surface area (TPSA) is 26.3 Å². The highest BCUT2D eigenvalue weighted by molar-refractivity contribution is 5.82. The number of carbonyl (C=O) groups is 1. The Morgan fingerprint density at radius 1 is 1.46 bits per heavy atom. The molecule has 1 saturated carbocycles. The Morgan fingerprint density at radius 3 is 2.38 bits per heavy atom. The third-order valence-electron chi connectivity index (χ3n) is 2.06. The van der Waals surface area contributed by atoms with Crippen LogP contribution >= 0.6 is 0 Å². The maximum Gasteiger partial charge on any atom is 0.330 e. The number of rotatable bonds is 2. The zero-order valence-electron chi connectivity index (χ0n) is 8.83. The monoisotopic (exact) mass is 182 g/mol. The summed E-state index contributed by atoms with van der Waals surface area (Å²) in [6, 6.07) is 0. The summed E-state index contributed by atoms with van der Waals surface area (Å²) in [5.41, 5.74) is -0.378. The van der Waals surface area contributed by atoms with Gasteiger partial charge >= 0.3 is 5.97 Å². The fraction of sp³-hybridized carbons (Fsp3) is 0.727. The van der Waals surface area contributed by atoms with Crippen molar-refractivity contribution >= 4 is 5.97 Å². The quantitative estimate of drug-likeness (QED) is 0.484. The van der Waals surface area contributed by atoms with Gasteiger partial charge in [0.2, 0.25) is 0 Å². The van der Waals surface area contributed by atoms with E-state index in [2.05, 4.69) is 6.92 Å². The maximum atomic E-state index is 11.2. The molecule has 0 aromatic rings. The van der Waals surface area contributed by atoms with Gasteiger partial charge in [-0.2, -0.15) is 0 Å². The number of ether oxygens (including phenoxy) is 1. The van der Waals surface area contributed by atoms with E-state index in [1.807, 2.05) is 26.8 Å². The van der Waals surface area contributed by atoms with Gasteiger partial charge in [-0.1, -0.05) is 13.0 Å². The average molecular weight is 182 g/mol. The van der Waals surface area contributed by atoms with E-state index in [9.17, 15) is 4.79 Å². The van der Waals surface area contributed by atoms with Crippen LogP contribution in [-0.4, -0.2) is 11.6 Å². The Labute approximate surface area is 80.0 Å². The van der Waals surface area contributed by atoms with Crippen molar-refractivity contribution in [3.05, 3.63) is 12.2 Å². The second-order valence-corrected chi connectivity index (χ2v) is 4.77. The van der Waals surface area contributed by atoms with Gasteiger partial charge in [-0.15, -0.1) is 0 Å². The molecule has 2 atom stereocenters. The molecule has 0 aromatic carbocycles. The third-order valence-corrected chi connectivity index (χ3v) is 2.06. The molecule has 0 heterocycles. The average Bonchev–Trinajstić information content (AvgIpc) is 2.58. The molecule has 1 fully saturated rings. The summed E-state index contributed by atoms with van der Waals surface area (Å²) >= 11 is 0. The van der Waals surface area contributed by atoms with Crippen LogP contribution in [0.5, 0.6) is 0 Å². The van der Waals surface area contributed by atoms with E-state index < -0.39 is 0 Å². The normalized spacial score (nSPS) is 27.7. The van der Waals surface area contributed by atoms with Crippen molar-refractivity contribution in [2.45, 2.75) is 39.7 Å². The van der Waals surface area contributed by atoms with Crippen LogP contribution in [0.2, 0.25) is 0 Å². The molecular formula is C11H18O2. The molecule has 0 aliphatic heterocycles. The Balaban J connectivity index is 2.29. The number of allylic oxidation sites excluding steroid dienone is 1. The summed E-state index contributed by atoms with van der Waals surface area (Å²) < 4.78 is 5.13. The Hall–Kier alpha value is -0.790. The fourth-order valence-electron chi connectivity index (χ4n) is 1.16. The predicted octanol–water partition coefficient (Wildman–Crippen LogP) is 2.54. The largest absolute Gasteiger partial charge is 0.457 e. The lowest BCUT2D eigenvalue weighted by Crippen LogP contribution is -2.22. The molecule has 0 bridgehead atoms. The maximum absolute atomic E-state index is 11.2. The molecule has 1 aliphatic rings. The first-order chi connectivity index (χ1) is 5.88. The fourth-order valence-corrected chi connectivity index (χ4v) is 1.16. The Bertz CT molecular complexity index is 223. The lowest BCUT2D eigenvalue weighted by atomic mass is 10.2. The Morgan fingerprint density at radius 2 is 2.00 bits per heavy atom. The highest BCUT2D eigenvalue weighted by atomic mass is 16.6. The molecule has 74 valence electrons. The van der Waals surface area contributed by atoms with Gasteiger partial charge in [-0.25, -0.2) is 4.79 Å². The second kappa shape index (κ2) is 3.52. The second-order valence-electron chi connectivity index (χ2n) is 4.77. The summed E-state index contributed by atoms with van der Waals surface area (Å²) in [5, 5.41) is 0. The van der Waals surface area contributed by atoms with Gasteiger partial charge in [-0.3, -0.25) is 0 Å². The lowest BCUT2D eigenvalue weighted by molar-refractivity contribution is -0.148. The zero-order chi connectivity index (χ0) is 10.1. The van der Waals surface area contributed by atoms with Gasteiger partial charge in [-0.05, 0) is 39.0 Å². The summed E-state index contributed by atoms with van der Waals surface area (Å²) in [4.78, 5) is 11.2. The van der Waals surface area contributed by atoms with Gasteiger partial charge in [0.25, 0.3) is 0 Å². The third kappa shape index (κ3) is 4.11. The van der Waals surface area contributed by atoms with Crippen molar-refractivity contribution in [2.75, 3.05) is 0 Å². The van der Waals surface area contributed by atoms with Crippen LogP contribution in [0.15, 0.2) is 12.2 Å². The van der Waals surface area contributed by atoms with E-state index in [4.69, 9.17) is 4.74 Å². The number of carbonyl (C=O) groups excluding carboxylic acids is 1. The van der Waals surface area contributed by atoms with Crippen molar-refractivity contribution < 1.29 is 9.53 Å². The molecule has 0 amide bonds. The predicted molar refractivity (Wildman–Crippen MR) is 52.3 cm³/mol. The van der Waals surface area contributed by atoms with Crippen molar-refractivity contribution in [1.29, 1.82) is 0 Å². The van der Waals surface area contributed by atoms with Gasteiger partial charge in [0.15, 0.2) is 0 Å². The first-order valence-electron chi connectivity index (χ1n) is 4.79. The van der Waals surface area contributed by atoms with Crippen LogP contribution < -0.4 is 0 Å². The van der Waals surface area contributed by atoms with Crippen molar-refractivity contribution in [2.24, 2.45) is 11.8 Å². The van der Waals surface area contributed by atoms with Crippen LogP contribution in [0, 0.1) is 11.8 Å². The van der Waals surface area contributed by atoms with Crippen LogP contribution in [0.1, 0.15) is 34.1 Å². The minimum atomic E-state index is -0.378. The summed E-state index contributed by atoms with van der Waals surface area (Å²) in [7, 11) is 0. The molecule has 0 saturated heterocycles. The van der Waals surface area contributed by atoms with Crippen LogP contribution in [-0.2, 0) is 9.53 Å². The van der Waals surface area contributed by atoms with Crippen LogP contribution in [0.25, 0.3) is 0 Å².